The summed E-state index contributed by atoms with van der Waals surface area (Å²) in [6, 6.07) is 5.66. The molecule has 0 aromatic heterocycles. The minimum atomic E-state index is -0.181. The summed E-state index contributed by atoms with van der Waals surface area (Å²) >= 11 is 3.49. The number of rotatable bonds is 3. The average molecular weight is 325 g/mol. The maximum Gasteiger partial charge on any atom is 0.146 e. The standard InChI is InChI=1S/C15H17BrO3/c1-18-10-4-5-12(11(16)8-10)19-14-9-13(17)15(14)6-2-3-7-15/h4-5,8,14H,2-3,6-7,9H2,1H3. The molecule has 0 saturated heterocycles. The van der Waals surface area contributed by atoms with E-state index in [0.717, 1.165) is 41.7 Å². The molecule has 1 spiro atoms. The Morgan fingerprint density at radius 2 is 2.05 bits per heavy atom. The van der Waals surface area contributed by atoms with Gasteiger partial charge in [0.25, 0.3) is 0 Å². The van der Waals surface area contributed by atoms with Gasteiger partial charge in [-0.3, -0.25) is 4.79 Å². The lowest BCUT2D eigenvalue weighted by Crippen LogP contribution is -2.55. The molecule has 0 aliphatic heterocycles. The third kappa shape index (κ3) is 2.06. The van der Waals surface area contributed by atoms with Gasteiger partial charge in [0.15, 0.2) is 0 Å². The summed E-state index contributed by atoms with van der Waals surface area (Å²) in [5.74, 6) is 1.98. The first-order valence-electron chi connectivity index (χ1n) is 6.69. The van der Waals surface area contributed by atoms with Crippen molar-refractivity contribution in [3.05, 3.63) is 22.7 Å². The number of halogens is 1. The lowest BCUT2D eigenvalue weighted by atomic mass is 9.63. The summed E-state index contributed by atoms with van der Waals surface area (Å²) in [6.07, 6.45) is 4.88. The first kappa shape index (κ1) is 13.0. The molecule has 3 nitrogen and oxygen atoms in total. The van der Waals surface area contributed by atoms with E-state index in [4.69, 9.17) is 9.47 Å². The van der Waals surface area contributed by atoms with Crippen LogP contribution in [0.3, 0.4) is 0 Å². The van der Waals surface area contributed by atoms with Gasteiger partial charge in [-0.1, -0.05) is 12.8 Å². The Bertz CT molecular complexity index is 506. The monoisotopic (exact) mass is 324 g/mol. The van der Waals surface area contributed by atoms with Crippen LogP contribution in [0.1, 0.15) is 32.1 Å². The van der Waals surface area contributed by atoms with Gasteiger partial charge in [0, 0.05) is 6.42 Å². The van der Waals surface area contributed by atoms with Crippen molar-refractivity contribution in [2.45, 2.75) is 38.2 Å². The highest BCUT2D eigenvalue weighted by Gasteiger charge is 2.57. The quantitative estimate of drug-likeness (QED) is 0.849. The van der Waals surface area contributed by atoms with Crippen LogP contribution >= 0.6 is 15.9 Å². The minimum absolute atomic E-state index is 0.0483. The van der Waals surface area contributed by atoms with Crippen molar-refractivity contribution in [2.24, 2.45) is 5.41 Å². The molecule has 1 aromatic carbocycles. The second-order valence-corrected chi connectivity index (χ2v) is 6.25. The molecule has 0 bridgehead atoms. The second kappa shape index (κ2) is 4.82. The Hall–Kier alpha value is -1.03. The molecule has 102 valence electrons. The van der Waals surface area contributed by atoms with E-state index in [2.05, 4.69) is 15.9 Å². The summed E-state index contributed by atoms with van der Waals surface area (Å²) in [4.78, 5) is 11.9. The third-order valence-corrected chi connectivity index (χ3v) is 5.07. The molecule has 2 fully saturated rings. The van der Waals surface area contributed by atoms with Gasteiger partial charge in [0.2, 0.25) is 0 Å². The fourth-order valence-corrected chi connectivity index (χ4v) is 3.69. The van der Waals surface area contributed by atoms with E-state index in [1.165, 1.54) is 0 Å². The van der Waals surface area contributed by atoms with Gasteiger partial charge in [-0.15, -0.1) is 0 Å². The van der Waals surface area contributed by atoms with Crippen molar-refractivity contribution in [3.8, 4) is 11.5 Å². The molecule has 0 radical (unpaired) electrons. The highest BCUT2D eigenvalue weighted by molar-refractivity contribution is 9.10. The molecular weight excluding hydrogens is 308 g/mol. The molecule has 1 unspecified atom stereocenters. The van der Waals surface area contributed by atoms with Crippen molar-refractivity contribution < 1.29 is 14.3 Å². The molecule has 1 atom stereocenters. The first-order chi connectivity index (χ1) is 9.15. The number of carbonyl (C=O) groups is 1. The minimum Gasteiger partial charge on any atom is -0.497 e. The van der Waals surface area contributed by atoms with Gasteiger partial charge in [-0.2, -0.15) is 0 Å². The van der Waals surface area contributed by atoms with Crippen molar-refractivity contribution in [3.63, 3.8) is 0 Å². The smallest absolute Gasteiger partial charge is 0.146 e. The molecule has 4 heteroatoms. The highest BCUT2D eigenvalue weighted by atomic mass is 79.9. The Morgan fingerprint density at radius 3 is 2.63 bits per heavy atom. The van der Waals surface area contributed by atoms with E-state index in [1.54, 1.807) is 7.11 Å². The Morgan fingerprint density at radius 1 is 1.32 bits per heavy atom. The van der Waals surface area contributed by atoms with Gasteiger partial charge in [-0.05, 0) is 47.0 Å². The highest BCUT2D eigenvalue weighted by Crippen LogP contribution is 2.52. The number of ether oxygens (including phenoxy) is 2. The molecule has 0 amide bonds. The number of hydrogen-bond acceptors (Lipinski definition) is 3. The number of hydrogen-bond donors (Lipinski definition) is 0. The molecule has 3 rings (SSSR count). The largest absolute Gasteiger partial charge is 0.497 e. The summed E-state index contributed by atoms with van der Waals surface area (Å²) < 4.78 is 12.1. The predicted octanol–water partition coefficient (Wildman–Crippen LogP) is 3.74. The van der Waals surface area contributed by atoms with Crippen molar-refractivity contribution in [1.29, 1.82) is 0 Å². The zero-order chi connectivity index (χ0) is 13.5. The van der Waals surface area contributed by atoms with Crippen LogP contribution in [0.5, 0.6) is 11.5 Å². The van der Waals surface area contributed by atoms with Crippen LogP contribution in [0.4, 0.5) is 0 Å². The SMILES string of the molecule is COc1ccc(OC2CC(=O)C23CCCC3)c(Br)c1. The van der Waals surface area contributed by atoms with Gasteiger partial charge in [-0.25, -0.2) is 0 Å². The van der Waals surface area contributed by atoms with E-state index in [1.807, 2.05) is 18.2 Å². The number of Topliss-reactive ketones (excluding diaryl/α,β-unsaturated/α-hetero) is 1. The lowest BCUT2D eigenvalue weighted by molar-refractivity contribution is -0.151. The van der Waals surface area contributed by atoms with E-state index in [9.17, 15) is 4.79 Å². The van der Waals surface area contributed by atoms with Crippen LogP contribution < -0.4 is 9.47 Å². The summed E-state index contributed by atoms with van der Waals surface area (Å²) in [5, 5.41) is 0. The second-order valence-electron chi connectivity index (χ2n) is 5.39. The molecule has 0 heterocycles. The van der Waals surface area contributed by atoms with Gasteiger partial charge >= 0.3 is 0 Å². The summed E-state index contributed by atoms with van der Waals surface area (Å²) in [6.45, 7) is 0. The summed E-state index contributed by atoms with van der Waals surface area (Å²) in [5.41, 5.74) is -0.181. The van der Waals surface area contributed by atoms with E-state index in [-0.39, 0.29) is 11.5 Å². The lowest BCUT2D eigenvalue weighted by Gasteiger charge is -2.44. The maximum atomic E-state index is 11.9. The molecule has 2 aliphatic carbocycles. The van der Waals surface area contributed by atoms with Crippen molar-refractivity contribution in [1.82, 2.24) is 0 Å². The number of benzene rings is 1. The molecule has 1 aromatic rings. The van der Waals surface area contributed by atoms with Gasteiger partial charge in [0.1, 0.15) is 23.4 Å². The van der Waals surface area contributed by atoms with Crippen LogP contribution in [0, 0.1) is 5.41 Å². The zero-order valence-electron chi connectivity index (χ0n) is 10.9. The first-order valence-corrected chi connectivity index (χ1v) is 7.48. The fourth-order valence-electron chi connectivity index (χ4n) is 3.23. The zero-order valence-corrected chi connectivity index (χ0v) is 12.5. The van der Waals surface area contributed by atoms with Crippen LogP contribution in [0.15, 0.2) is 22.7 Å². The Balaban J connectivity index is 1.77. The van der Waals surface area contributed by atoms with Crippen LogP contribution in [0.2, 0.25) is 0 Å². The average Bonchev–Trinajstić information content (AvgIpc) is 2.92. The Kier molecular flexibility index (Phi) is 3.29. The number of carbonyl (C=O) groups excluding carboxylic acids is 1. The molecule has 0 N–H and O–H groups in total. The Labute approximate surface area is 121 Å². The third-order valence-electron chi connectivity index (χ3n) is 4.45. The fraction of sp³-hybridized carbons (Fsp3) is 0.533. The molecule has 2 aliphatic rings. The van der Waals surface area contributed by atoms with Crippen molar-refractivity contribution >= 4 is 21.7 Å². The number of methoxy groups -OCH3 is 1. The molecule has 19 heavy (non-hydrogen) atoms. The van der Waals surface area contributed by atoms with Gasteiger partial charge in [0.05, 0.1) is 17.0 Å². The van der Waals surface area contributed by atoms with E-state index < -0.39 is 0 Å². The van der Waals surface area contributed by atoms with E-state index in [0.29, 0.717) is 12.2 Å². The van der Waals surface area contributed by atoms with Gasteiger partial charge < -0.3 is 9.47 Å². The topological polar surface area (TPSA) is 35.5 Å². The normalized spacial score (nSPS) is 24.3. The predicted molar refractivity (Wildman–Crippen MR) is 75.6 cm³/mol. The van der Waals surface area contributed by atoms with Crippen molar-refractivity contribution in [2.75, 3.05) is 7.11 Å². The van der Waals surface area contributed by atoms with E-state index >= 15 is 0 Å². The maximum absolute atomic E-state index is 11.9. The summed E-state index contributed by atoms with van der Waals surface area (Å²) in [7, 11) is 1.64. The van der Waals surface area contributed by atoms with Crippen LogP contribution in [-0.2, 0) is 4.79 Å². The van der Waals surface area contributed by atoms with Crippen LogP contribution in [-0.4, -0.2) is 19.0 Å². The van der Waals surface area contributed by atoms with Crippen LogP contribution in [0.25, 0.3) is 0 Å². The molecular formula is C15H17BrO3. The molecule has 2 saturated carbocycles. The number of ketones is 1.